The number of benzene rings is 2. The molecule has 0 spiro atoms. The van der Waals surface area contributed by atoms with Gasteiger partial charge in [-0.2, -0.15) is 5.10 Å². The molecule has 5 heteroatoms. The van der Waals surface area contributed by atoms with Crippen molar-refractivity contribution in [3.05, 3.63) is 84.2 Å². The number of likely N-dealkylation sites (tertiary alicyclic amines) is 1. The molecule has 0 radical (unpaired) electrons. The predicted molar refractivity (Wildman–Crippen MR) is 115 cm³/mol. The van der Waals surface area contributed by atoms with Crippen LogP contribution in [0.5, 0.6) is 0 Å². The highest BCUT2D eigenvalue weighted by Gasteiger charge is 2.23. The van der Waals surface area contributed by atoms with E-state index in [4.69, 9.17) is 0 Å². The molecule has 1 N–H and O–H groups in total. The molecular formula is C24H28N4O. The minimum Gasteiger partial charge on any atom is -0.354 e. The van der Waals surface area contributed by atoms with Crippen molar-refractivity contribution in [2.75, 3.05) is 19.6 Å². The smallest absolute Gasteiger partial charge is 0.220 e. The fraction of sp³-hybridized carbons (Fsp3) is 0.333. The number of nitrogens with zero attached hydrogens (tertiary/aromatic N) is 3. The Bertz CT molecular complexity index is 901. The Morgan fingerprint density at radius 2 is 1.69 bits per heavy atom. The van der Waals surface area contributed by atoms with E-state index in [9.17, 15) is 4.79 Å². The van der Waals surface area contributed by atoms with Crippen molar-refractivity contribution in [3.63, 3.8) is 0 Å². The lowest BCUT2D eigenvalue weighted by Gasteiger charge is -2.28. The first-order chi connectivity index (χ1) is 14.3. The van der Waals surface area contributed by atoms with Gasteiger partial charge in [0.2, 0.25) is 5.91 Å². The average molecular weight is 389 g/mol. The Hall–Kier alpha value is -2.92. The number of hydrogen-bond acceptors (Lipinski definition) is 3. The summed E-state index contributed by atoms with van der Waals surface area (Å²) in [5.74, 6) is 0.0950. The molecule has 1 aliphatic heterocycles. The van der Waals surface area contributed by atoms with Crippen LogP contribution in [0.15, 0.2) is 73.1 Å². The molecule has 0 aliphatic carbocycles. The third-order valence-electron chi connectivity index (χ3n) is 5.56. The second-order valence-electron chi connectivity index (χ2n) is 7.60. The van der Waals surface area contributed by atoms with Crippen LogP contribution < -0.4 is 5.32 Å². The first kappa shape index (κ1) is 19.4. The zero-order valence-electron chi connectivity index (χ0n) is 16.7. The molecule has 1 fully saturated rings. The third-order valence-corrected chi connectivity index (χ3v) is 5.56. The normalized spacial score (nSPS) is 15.3. The van der Waals surface area contributed by atoms with Crippen LogP contribution in [0.1, 0.15) is 36.4 Å². The molecule has 150 valence electrons. The molecule has 2 heterocycles. The molecule has 3 aromatic rings. The van der Waals surface area contributed by atoms with E-state index < -0.39 is 0 Å². The summed E-state index contributed by atoms with van der Waals surface area (Å²) in [5, 5.41) is 7.57. The third kappa shape index (κ3) is 5.12. The molecule has 1 aliphatic rings. The Morgan fingerprint density at radius 1 is 1.00 bits per heavy atom. The van der Waals surface area contributed by atoms with Gasteiger partial charge in [-0.15, -0.1) is 0 Å². The number of nitrogens with one attached hydrogen (secondary N) is 1. The maximum absolute atomic E-state index is 12.5. The lowest BCUT2D eigenvalue weighted by atomic mass is 10.1. The maximum atomic E-state index is 12.5. The molecule has 2 aromatic carbocycles. The molecule has 4 rings (SSSR count). The Balaban J connectivity index is 1.30. The van der Waals surface area contributed by atoms with E-state index in [0.717, 1.165) is 24.3 Å². The zero-order valence-corrected chi connectivity index (χ0v) is 16.7. The van der Waals surface area contributed by atoms with E-state index in [1.807, 2.05) is 53.5 Å². The summed E-state index contributed by atoms with van der Waals surface area (Å²) < 4.78 is 1.85. The summed E-state index contributed by atoms with van der Waals surface area (Å²) in [6, 6.07) is 20.8. The molecule has 29 heavy (non-hydrogen) atoms. The number of carbonyl (C=O) groups is 1. The Labute approximate surface area is 172 Å². The van der Waals surface area contributed by atoms with Gasteiger partial charge in [0.05, 0.1) is 17.9 Å². The predicted octanol–water partition coefficient (Wildman–Crippen LogP) is 3.76. The van der Waals surface area contributed by atoms with Gasteiger partial charge < -0.3 is 5.32 Å². The number of aryl methyl sites for hydroxylation is 1. The number of para-hydroxylation sites is 1. The van der Waals surface area contributed by atoms with Crippen LogP contribution in [-0.2, 0) is 11.2 Å². The molecule has 1 aromatic heterocycles. The number of amides is 1. The van der Waals surface area contributed by atoms with Gasteiger partial charge in [0.15, 0.2) is 0 Å². The van der Waals surface area contributed by atoms with Gasteiger partial charge in [-0.05, 0) is 55.6 Å². The molecule has 1 saturated heterocycles. The minimum absolute atomic E-state index is 0.0950. The second kappa shape index (κ2) is 9.52. The van der Waals surface area contributed by atoms with Crippen molar-refractivity contribution in [2.45, 2.75) is 31.7 Å². The summed E-state index contributed by atoms with van der Waals surface area (Å²) in [4.78, 5) is 15.0. The van der Waals surface area contributed by atoms with E-state index in [0.29, 0.717) is 19.4 Å². The SMILES string of the molecule is O=C(CCc1cnn(-c2ccccc2)c1)NCC(c1ccccc1)N1CCCC1. The van der Waals surface area contributed by atoms with Gasteiger partial charge in [0, 0.05) is 19.2 Å². The number of carbonyl (C=O) groups excluding carboxylic acids is 1. The van der Waals surface area contributed by atoms with E-state index in [2.05, 4.69) is 39.6 Å². The van der Waals surface area contributed by atoms with Crippen LogP contribution in [0.25, 0.3) is 5.69 Å². The fourth-order valence-electron chi connectivity index (χ4n) is 3.95. The number of aromatic nitrogens is 2. The minimum atomic E-state index is 0.0950. The largest absolute Gasteiger partial charge is 0.354 e. The highest BCUT2D eigenvalue weighted by Crippen LogP contribution is 2.24. The highest BCUT2D eigenvalue weighted by atomic mass is 16.1. The standard InChI is InChI=1S/C24H28N4O/c29-24(14-13-20-17-26-28(19-20)22-11-5-2-6-12-22)25-18-23(27-15-7-8-16-27)21-9-3-1-4-10-21/h1-6,9-12,17,19,23H,7-8,13-16,18H2,(H,25,29). The molecule has 0 bridgehead atoms. The fourth-order valence-corrected chi connectivity index (χ4v) is 3.95. The van der Waals surface area contributed by atoms with Crippen LogP contribution in [0.2, 0.25) is 0 Å². The van der Waals surface area contributed by atoms with Gasteiger partial charge in [-0.1, -0.05) is 48.5 Å². The zero-order chi connectivity index (χ0) is 19.9. The molecule has 0 saturated carbocycles. The van der Waals surface area contributed by atoms with E-state index in [1.54, 1.807) is 0 Å². The summed E-state index contributed by atoms with van der Waals surface area (Å²) in [6.45, 7) is 2.87. The van der Waals surface area contributed by atoms with Crippen LogP contribution >= 0.6 is 0 Å². The quantitative estimate of drug-likeness (QED) is 0.639. The molecular weight excluding hydrogens is 360 g/mol. The van der Waals surface area contributed by atoms with E-state index in [-0.39, 0.29) is 11.9 Å². The van der Waals surface area contributed by atoms with Crippen LogP contribution in [0.3, 0.4) is 0 Å². The van der Waals surface area contributed by atoms with Crippen molar-refractivity contribution in [3.8, 4) is 5.69 Å². The summed E-state index contributed by atoms with van der Waals surface area (Å²) in [7, 11) is 0. The van der Waals surface area contributed by atoms with E-state index >= 15 is 0 Å². The van der Waals surface area contributed by atoms with E-state index in [1.165, 1.54) is 18.4 Å². The lowest BCUT2D eigenvalue weighted by molar-refractivity contribution is -0.121. The van der Waals surface area contributed by atoms with Gasteiger partial charge in [-0.3, -0.25) is 9.69 Å². The maximum Gasteiger partial charge on any atom is 0.220 e. The number of hydrogen-bond donors (Lipinski definition) is 1. The van der Waals surface area contributed by atoms with Crippen LogP contribution in [0, 0.1) is 0 Å². The average Bonchev–Trinajstić information content (AvgIpc) is 3.46. The Kier molecular flexibility index (Phi) is 6.37. The lowest BCUT2D eigenvalue weighted by Crippen LogP contribution is -2.36. The van der Waals surface area contributed by atoms with Crippen molar-refractivity contribution in [2.24, 2.45) is 0 Å². The van der Waals surface area contributed by atoms with Crippen LogP contribution in [0.4, 0.5) is 0 Å². The van der Waals surface area contributed by atoms with Crippen molar-refractivity contribution in [1.29, 1.82) is 0 Å². The topological polar surface area (TPSA) is 50.2 Å². The second-order valence-corrected chi connectivity index (χ2v) is 7.60. The van der Waals surface area contributed by atoms with Gasteiger partial charge >= 0.3 is 0 Å². The first-order valence-electron chi connectivity index (χ1n) is 10.4. The Morgan fingerprint density at radius 3 is 2.41 bits per heavy atom. The van der Waals surface area contributed by atoms with Gasteiger partial charge in [0.1, 0.15) is 0 Å². The first-order valence-corrected chi connectivity index (χ1v) is 10.4. The van der Waals surface area contributed by atoms with Crippen LogP contribution in [-0.4, -0.2) is 40.2 Å². The monoisotopic (exact) mass is 388 g/mol. The van der Waals surface area contributed by atoms with Crippen molar-refractivity contribution < 1.29 is 4.79 Å². The summed E-state index contributed by atoms with van der Waals surface area (Å²) >= 11 is 0. The highest BCUT2D eigenvalue weighted by molar-refractivity contribution is 5.76. The number of rotatable bonds is 8. The molecule has 1 amide bonds. The molecule has 5 nitrogen and oxygen atoms in total. The van der Waals surface area contributed by atoms with Gasteiger partial charge in [-0.25, -0.2) is 4.68 Å². The molecule has 1 atom stereocenters. The van der Waals surface area contributed by atoms with Crippen molar-refractivity contribution >= 4 is 5.91 Å². The van der Waals surface area contributed by atoms with Gasteiger partial charge in [0.25, 0.3) is 0 Å². The summed E-state index contributed by atoms with van der Waals surface area (Å²) in [5.41, 5.74) is 3.38. The summed E-state index contributed by atoms with van der Waals surface area (Å²) in [6.07, 6.45) is 7.49. The molecule has 1 unspecified atom stereocenters. The van der Waals surface area contributed by atoms with Crippen molar-refractivity contribution in [1.82, 2.24) is 20.0 Å².